The summed E-state index contributed by atoms with van der Waals surface area (Å²) in [6.45, 7) is 3.90. The Hall–Kier alpha value is -2.57. The van der Waals surface area contributed by atoms with Gasteiger partial charge in [0.25, 0.3) is 7.37 Å². The molecule has 0 aromatic heterocycles. The Morgan fingerprint density at radius 2 is 2.10 bits per heavy atom. The minimum atomic E-state index is -3.66. The van der Waals surface area contributed by atoms with E-state index >= 15 is 0 Å². The zero-order valence-electron chi connectivity index (χ0n) is 17.4. The van der Waals surface area contributed by atoms with Crippen LogP contribution in [0.5, 0.6) is 0 Å². The van der Waals surface area contributed by atoms with Crippen molar-refractivity contribution in [2.45, 2.75) is 45.3 Å². The monoisotopic (exact) mass is 424 g/mol. The molecule has 2 N–H and O–H groups in total. The summed E-state index contributed by atoms with van der Waals surface area (Å²) in [4.78, 5) is 0. The molecule has 3 atom stereocenters. The van der Waals surface area contributed by atoms with Gasteiger partial charge >= 0.3 is 0 Å². The Morgan fingerprint density at radius 1 is 1.33 bits per heavy atom. The molecule has 4 nitrogen and oxygen atoms in total. The quantitative estimate of drug-likeness (QED) is 0.288. The molecule has 2 aliphatic carbocycles. The lowest BCUT2D eigenvalue weighted by molar-refractivity contribution is 0.268. The van der Waals surface area contributed by atoms with E-state index in [9.17, 15) is 14.8 Å². The first-order valence-electron chi connectivity index (χ1n) is 9.99. The number of aliphatic hydroxyl groups excluding tert-OH is 2. The fourth-order valence-electron chi connectivity index (χ4n) is 3.00. The standard InChI is InChI=1S/C25H29O4P/c1-4-6-7-10-13-23(5-2)29-30(28,25-14-11-8-9-12-20(25)3)24-18-17-21(26)15-16-22(27)19-24/h2,6-7,9-17,19,22-23,26-27H,4,8,18H2,1,3H3/b7-6-,13-10-,16-15-,21-17-,24-19-. The number of hydrogen-bond acceptors (Lipinski definition) is 4. The van der Waals surface area contributed by atoms with Gasteiger partial charge in [-0.1, -0.05) is 55.4 Å². The molecule has 30 heavy (non-hydrogen) atoms. The summed E-state index contributed by atoms with van der Waals surface area (Å²) in [5, 5.41) is 21.1. The minimum Gasteiger partial charge on any atom is -0.508 e. The summed E-state index contributed by atoms with van der Waals surface area (Å²) in [6.07, 6.45) is 26.4. The summed E-state index contributed by atoms with van der Waals surface area (Å²) in [6, 6.07) is 0. The normalized spacial score (nSPS) is 27.3. The van der Waals surface area contributed by atoms with Crippen molar-refractivity contribution in [3.05, 3.63) is 94.9 Å². The smallest absolute Gasteiger partial charge is 0.259 e. The third kappa shape index (κ3) is 6.47. The molecular weight excluding hydrogens is 395 g/mol. The van der Waals surface area contributed by atoms with Crippen molar-refractivity contribution in [1.82, 2.24) is 0 Å². The van der Waals surface area contributed by atoms with E-state index in [0.29, 0.717) is 17.0 Å². The molecule has 0 heterocycles. The van der Waals surface area contributed by atoms with E-state index in [1.54, 1.807) is 24.3 Å². The van der Waals surface area contributed by atoms with Gasteiger partial charge in [-0.05, 0) is 62.1 Å². The molecule has 0 saturated carbocycles. The highest BCUT2D eigenvalue weighted by Crippen LogP contribution is 2.65. The van der Waals surface area contributed by atoms with E-state index in [-0.39, 0.29) is 12.2 Å². The van der Waals surface area contributed by atoms with Crippen molar-refractivity contribution < 1.29 is 19.3 Å². The van der Waals surface area contributed by atoms with Gasteiger partial charge in [-0.15, -0.1) is 6.42 Å². The largest absolute Gasteiger partial charge is 0.508 e. The Bertz CT molecular complexity index is 948. The van der Waals surface area contributed by atoms with E-state index in [4.69, 9.17) is 10.9 Å². The maximum absolute atomic E-state index is 14.4. The molecule has 0 fully saturated rings. The number of allylic oxidation sites excluding steroid dienone is 12. The van der Waals surface area contributed by atoms with Gasteiger partial charge in [0, 0.05) is 10.6 Å². The first-order chi connectivity index (χ1) is 14.4. The Kier molecular flexibility index (Phi) is 9.15. The van der Waals surface area contributed by atoms with Crippen molar-refractivity contribution in [1.29, 1.82) is 0 Å². The van der Waals surface area contributed by atoms with E-state index in [1.165, 1.54) is 18.2 Å². The van der Waals surface area contributed by atoms with Gasteiger partial charge in [0.05, 0.1) is 6.10 Å². The maximum Gasteiger partial charge on any atom is 0.259 e. The molecule has 0 bridgehead atoms. The lowest BCUT2D eigenvalue weighted by Crippen LogP contribution is -2.10. The van der Waals surface area contributed by atoms with Gasteiger partial charge in [-0.2, -0.15) is 0 Å². The van der Waals surface area contributed by atoms with Gasteiger partial charge in [0.15, 0.2) is 0 Å². The topological polar surface area (TPSA) is 66.8 Å². The second-order valence-electron chi connectivity index (χ2n) is 6.91. The molecule has 0 saturated heterocycles. The average molecular weight is 424 g/mol. The third-order valence-corrected chi connectivity index (χ3v) is 7.31. The van der Waals surface area contributed by atoms with Gasteiger partial charge in [-0.3, -0.25) is 4.57 Å². The summed E-state index contributed by atoms with van der Waals surface area (Å²) < 4.78 is 20.5. The van der Waals surface area contributed by atoms with Crippen molar-refractivity contribution in [3.63, 3.8) is 0 Å². The average Bonchev–Trinajstić information content (AvgIpc) is 2.95. The number of hydrogen-bond donors (Lipinski definition) is 2. The summed E-state index contributed by atoms with van der Waals surface area (Å²) >= 11 is 0. The molecule has 0 aromatic rings. The molecule has 158 valence electrons. The van der Waals surface area contributed by atoms with Crippen LogP contribution in [0.2, 0.25) is 0 Å². The van der Waals surface area contributed by atoms with Crippen molar-refractivity contribution in [3.8, 4) is 12.3 Å². The third-order valence-electron chi connectivity index (χ3n) is 4.56. The molecule has 0 aliphatic heterocycles. The lowest BCUT2D eigenvalue weighted by Gasteiger charge is -2.26. The summed E-state index contributed by atoms with van der Waals surface area (Å²) in [5.74, 6) is 2.53. The SMILES string of the molecule is C#CC(/C=C\C=C/CC)OP(=O)(C1=C(C)C=CCC=C1)/C1=C\C(O)/C=C\C(O)=C\C1. The van der Waals surface area contributed by atoms with E-state index in [1.807, 2.05) is 44.2 Å². The highest BCUT2D eigenvalue weighted by Gasteiger charge is 2.35. The Balaban J connectivity index is 2.57. The Labute approximate surface area is 179 Å². The summed E-state index contributed by atoms with van der Waals surface area (Å²) in [7, 11) is -3.66. The highest BCUT2D eigenvalue weighted by molar-refractivity contribution is 7.68. The van der Waals surface area contributed by atoms with E-state index in [2.05, 4.69) is 5.92 Å². The molecular formula is C25H29O4P. The van der Waals surface area contributed by atoms with Crippen LogP contribution < -0.4 is 0 Å². The fraction of sp³-hybridized carbons (Fsp3) is 0.280. The van der Waals surface area contributed by atoms with Crippen LogP contribution in [0.4, 0.5) is 0 Å². The zero-order chi connectivity index (χ0) is 22.0. The van der Waals surface area contributed by atoms with Gasteiger partial charge < -0.3 is 14.7 Å². The first kappa shape index (κ1) is 23.7. The molecule has 0 amide bonds. The van der Waals surface area contributed by atoms with Crippen LogP contribution in [0.15, 0.2) is 94.9 Å². The Morgan fingerprint density at radius 3 is 2.83 bits per heavy atom. The van der Waals surface area contributed by atoms with Crippen molar-refractivity contribution in [2.75, 3.05) is 0 Å². The first-order valence-corrected chi connectivity index (χ1v) is 11.6. The molecule has 0 radical (unpaired) electrons. The van der Waals surface area contributed by atoms with Gasteiger partial charge in [0.1, 0.15) is 11.9 Å². The maximum atomic E-state index is 14.4. The van der Waals surface area contributed by atoms with Crippen LogP contribution >= 0.6 is 7.37 Å². The van der Waals surface area contributed by atoms with Crippen LogP contribution in [-0.4, -0.2) is 22.4 Å². The van der Waals surface area contributed by atoms with Crippen LogP contribution in [0, 0.1) is 12.3 Å². The number of rotatable bonds is 7. The van der Waals surface area contributed by atoms with Crippen molar-refractivity contribution >= 4 is 7.37 Å². The molecule has 3 unspecified atom stereocenters. The second kappa shape index (κ2) is 11.6. The lowest BCUT2D eigenvalue weighted by atomic mass is 10.2. The highest BCUT2D eigenvalue weighted by atomic mass is 31.2. The minimum absolute atomic E-state index is 0.00805. The second-order valence-corrected chi connectivity index (χ2v) is 9.29. The van der Waals surface area contributed by atoms with Gasteiger partial charge in [0.2, 0.25) is 0 Å². The molecule has 0 aromatic carbocycles. The molecule has 0 spiro atoms. The van der Waals surface area contributed by atoms with Crippen molar-refractivity contribution in [2.24, 2.45) is 0 Å². The van der Waals surface area contributed by atoms with Crippen LogP contribution in [0.1, 0.15) is 33.1 Å². The fourth-order valence-corrected chi connectivity index (χ4v) is 5.53. The number of aliphatic hydroxyl groups is 2. The van der Waals surface area contributed by atoms with E-state index in [0.717, 1.165) is 12.0 Å². The zero-order valence-corrected chi connectivity index (χ0v) is 18.3. The number of terminal acetylenes is 1. The van der Waals surface area contributed by atoms with Crippen LogP contribution in [-0.2, 0) is 9.09 Å². The molecule has 5 heteroatoms. The van der Waals surface area contributed by atoms with E-state index < -0.39 is 19.6 Å². The van der Waals surface area contributed by atoms with Gasteiger partial charge in [-0.25, -0.2) is 0 Å². The summed E-state index contributed by atoms with van der Waals surface area (Å²) in [5.41, 5.74) is 0.805. The molecule has 2 aliphatic rings. The predicted molar refractivity (Wildman–Crippen MR) is 124 cm³/mol. The molecule has 2 rings (SSSR count). The van der Waals surface area contributed by atoms with Crippen LogP contribution in [0.3, 0.4) is 0 Å². The predicted octanol–water partition coefficient (Wildman–Crippen LogP) is 6.24. The van der Waals surface area contributed by atoms with Crippen LogP contribution in [0.25, 0.3) is 0 Å².